The zero-order valence-corrected chi connectivity index (χ0v) is 16.0. The summed E-state index contributed by atoms with van der Waals surface area (Å²) in [5, 5.41) is 12.4. The minimum atomic E-state index is -0.309. The smallest absolute Gasteiger partial charge is 0.231 e. The van der Waals surface area contributed by atoms with E-state index < -0.39 is 0 Å². The summed E-state index contributed by atoms with van der Waals surface area (Å²) >= 11 is 1.38. The number of benzene rings is 1. The van der Waals surface area contributed by atoms with Crippen molar-refractivity contribution in [1.29, 1.82) is 0 Å². The van der Waals surface area contributed by atoms with E-state index >= 15 is 0 Å². The fourth-order valence-electron chi connectivity index (χ4n) is 2.93. The van der Waals surface area contributed by atoms with Gasteiger partial charge < -0.3 is 10.2 Å². The molecule has 0 spiro atoms. The number of rotatable bonds is 7. The van der Waals surface area contributed by atoms with Crippen molar-refractivity contribution in [1.82, 2.24) is 15.1 Å². The van der Waals surface area contributed by atoms with Gasteiger partial charge in [0.15, 0.2) is 0 Å². The maximum Gasteiger partial charge on any atom is 0.231 e. The lowest BCUT2D eigenvalue weighted by Crippen LogP contribution is -2.29. The van der Waals surface area contributed by atoms with E-state index in [9.17, 15) is 9.59 Å². The van der Waals surface area contributed by atoms with Crippen LogP contribution in [0, 0.1) is 11.8 Å². The largest absolute Gasteiger partial charge is 0.342 e. The van der Waals surface area contributed by atoms with E-state index in [2.05, 4.69) is 29.4 Å². The quantitative estimate of drug-likeness (QED) is 0.811. The summed E-state index contributed by atoms with van der Waals surface area (Å²) in [6.45, 7) is 5.48. The molecule has 1 N–H and O–H groups in total. The van der Waals surface area contributed by atoms with Crippen LogP contribution in [0.15, 0.2) is 30.3 Å². The van der Waals surface area contributed by atoms with Crippen molar-refractivity contribution in [3.63, 3.8) is 0 Å². The normalized spacial score (nSPS) is 17.1. The molecule has 26 heavy (non-hydrogen) atoms. The van der Waals surface area contributed by atoms with Crippen molar-refractivity contribution in [3.05, 3.63) is 40.9 Å². The molecule has 1 fully saturated rings. The van der Waals surface area contributed by atoms with Crippen LogP contribution in [-0.4, -0.2) is 40.0 Å². The number of carbonyl (C=O) groups is 2. The number of aromatic nitrogens is 2. The van der Waals surface area contributed by atoms with Crippen molar-refractivity contribution >= 4 is 28.3 Å². The maximum absolute atomic E-state index is 12.5. The summed E-state index contributed by atoms with van der Waals surface area (Å²) in [6.07, 6.45) is 1.93. The molecule has 1 saturated heterocycles. The van der Waals surface area contributed by atoms with Gasteiger partial charge >= 0.3 is 0 Å². The lowest BCUT2D eigenvalue weighted by Gasteiger charge is -2.17. The molecule has 0 unspecified atom stereocenters. The summed E-state index contributed by atoms with van der Waals surface area (Å²) in [4.78, 5) is 26.3. The van der Waals surface area contributed by atoms with E-state index in [0.717, 1.165) is 23.5 Å². The minimum absolute atomic E-state index is 0.0628. The Kier molecular flexibility index (Phi) is 5.98. The number of amides is 2. The number of nitrogens with zero attached hydrogens (tertiary/aromatic N) is 3. The Morgan fingerprint density at radius 1 is 1.31 bits per heavy atom. The van der Waals surface area contributed by atoms with Gasteiger partial charge in [0, 0.05) is 25.9 Å². The van der Waals surface area contributed by atoms with Crippen molar-refractivity contribution in [2.75, 3.05) is 18.4 Å². The van der Waals surface area contributed by atoms with Gasteiger partial charge in [0.25, 0.3) is 0 Å². The molecule has 1 aromatic heterocycles. The van der Waals surface area contributed by atoms with E-state index in [4.69, 9.17) is 0 Å². The highest BCUT2D eigenvalue weighted by molar-refractivity contribution is 7.15. The Morgan fingerprint density at radius 2 is 2.08 bits per heavy atom. The van der Waals surface area contributed by atoms with Crippen LogP contribution in [0.25, 0.3) is 0 Å². The van der Waals surface area contributed by atoms with Gasteiger partial charge in [-0.3, -0.25) is 9.59 Å². The van der Waals surface area contributed by atoms with Crippen molar-refractivity contribution in [2.45, 2.75) is 33.1 Å². The van der Waals surface area contributed by atoms with Gasteiger partial charge in [-0.15, -0.1) is 10.2 Å². The molecule has 0 saturated carbocycles. The average Bonchev–Trinajstić information content (AvgIpc) is 3.20. The second-order valence-electron chi connectivity index (χ2n) is 7.08. The third kappa shape index (κ3) is 4.88. The fourth-order valence-corrected chi connectivity index (χ4v) is 3.71. The third-order valence-electron chi connectivity index (χ3n) is 4.46. The Balaban J connectivity index is 1.53. The maximum atomic E-state index is 12.5. The number of carbonyl (C=O) groups excluding carboxylic acids is 2. The molecule has 0 radical (unpaired) electrons. The molecule has 1 aliphatic heterocycles. The van der Waals surface area contributed by atoms with E-state index in [-0.39, 0.29) is 24.2 Å². The van der Waals surface area contributed by atoms with Crippen LogP contribution < -0.4 is 5.32 Å². The van der Waals surface area contributed by atoms with Crippen molar-refractivity contribution < 1.29 is 9.59 Å². The Hall–Kier alpha value is -2.28. The average molecular weight is 372 g/mol. The molecule has 2 amide bonds. The molecule has 1 atom stereocenters. The van der Waals surface area contributed by atoms with E-state index in [1.54, 1.807) is 4.90 Å². The Labute approximate surface area is 157 Å². The minimum Gasteiger partial charge on any atom is -0.342 e. The molecule has 138 valence electrons. The highest BCUT2D eigenvalue weighted by Gasteiger charge is 2.34. The SMILES string of the molecule is CC(C)CCN1C[C@@H](C(=O)Nc2nnc(Cc3ccccc3)s2)CC1=O. The molecule has 0 aliphatic carbocycles. The van der Waals surface area contributed by atoms with Crippen LogP contribution in [0.5, 0.6) is 0 Å². The van der Waals surface area contributed by atoms with Crippen LogP contribution in [0.2, 0.25) is 0 Å². The van der Waals surface area contributed by atoms with E-state index in [1.807, 2.05) is 30.3 Å². The van der Waals surface area contributed by atoms with Gasteiger partial charge in [-0.05, 0) is 17.9 Å². The monoisotopic (exact) mass is 372 g/mol. The molecule has 1 aromatic carbocycles. The first-order valence-corrected chi connectivity index (χ1v) is 9.78. The zero-order chi connectivity index (χ0) is 18.5. The van der Waals surface area contributed by atoms with Crippen LogP contribution in [0.4, 0.5) is 5.13 Å². The third-order valence-corrected chi connectivity index (χ3v) is 5.30. The van der Waals surface area contributed by atoms with Crippen molar-refractivity contribution in [2.24, 2.45) is 11.8 Å². The van der Waals surface area contributed by atoms with Gasteiger partial charge in [-0.1, -0.05) is 55.5 Å². The van der Waals surface area contributed by atoms with Crippen LogP contribution >= 0.6 is 11.3 Å². The first kappa shape index (κ1) is 18.5. The van der Waals surface area contributed by atoms with Crippen molar-refractivity contribution in [3.8, 4) is 0 Å². The second kappa shape index (κ2) is 8.40. The molecule has 2 aromatic rings. The lowest BCUT2D eigenvalue weighted by molar-refractivity contribution is -0.128. The highest BCUT2D eigenvalue weighted by atomic mass is 32.1. The van der Waals surface area contributed by atoms with Gasteiger partial charge in [0.05, 0.1) is 5.92 Å². The van der Waals surface area contributed by atoms with Gasteiger partial charge in [0.1, 0.15) is 5.01 Å². The van der Waals surface area contributed by atoms with Gasteiger partial charge in [-0.25, -0.2) is 0 Å². The number of nitrogens with one attached hydrogen (secondary N) is 1. The first-order valence-electron chi connectivity index (χ1n) is 8.96. The predicted molar refractivity (Wildman–Crippen MR) is 102 cm³/mol. The summed E-state index contributed by atoms with van der Waals surface area (Å²) in [6, 6.07) is 10.0. The molecule has 1 aliphatic rings. The Morgan fingerprint density at radius 3 is 2.81 bits per heavy atom. The molecule has 0 bridgehead atoms. The van der Waals surface area contributed by atoms with Crippen LogP contribution in [0.1, 0.15) is 37.3 Å². The van der Waals surface area contributed by atoms with Crippen LogP contribution in [-0.2, 0) is 16.0 Å². The Bertz CT molecular complexity index is 760. The molecular weight excluding hydrogens is 348 g/mol. The summed E-state index contributed by atoms with van der Waals surface area (Å²) in [5.74, 6) is 0.150. The topological polar surface area (TPSA) is 75.2 Å². The molecule has 3 rings (SSSR count). The summed E-state index contributed by atoms with van der Waals surface area (Å²) in [7, 11) is 0. The number of hydrogen-bond acceptors (Lipinski definition) is 5. The predicted octanol–water partition coefficient (Wildman–Crippen LogP) is 2.96. The second-order valence-corrected chi connectivity index (χ2v) is 8.14. The van der Waals surface area contributed by atoms with E-state index in [1.165, 1.54) is 11.3 Å². The van der Waals surface area contributed by atoms with Gasteiger partial charge in [-0.2, -0.15) is 0 Å². The zero-order valence-electron chi connectivity index (χ0n) is 15.1. The lowest BCUT2D eigenvalue weighted by atomic mass is 10.1. The highest BCUT2D eigenvalue weighted by Crippen LogP contribution is 2.23. The number of likely N-dealkylation sites (tertiary alicyclic amines) is 1. The molecule has 6 nitrogen and oxygen atoms in total. The summed E-state index contributed by atoms with van der Waals surface area (Å²) < 4.78 is 0. The summed E-state index contributed by atoms with van der Waals surface area (Å²) in [5.41, 5.74) is 1.16. The van der Waals surface area contributed by atoms with E-state index in [0.29, 0.717) is 24.0 Å². The fraction of sp³-hybridized carbons (Fsp3) is 0.474. The van der Waals surface area contributed by atoms with Crippen LogP contribution in [0.3, 0.4) is 0 Å². The molecule has 7 heteroatoms. The van der Waals surface area contributed by atoms with Gasteiger partial charge in [0.2, 0.25) is 16.9 Å². The number of hydrogen-bond donors (Lipinski definition) is 1. The standard InChI is InChI=1S/C19H24N4O2S/c1-13(2)8-9-23-12-15(11-17(23)24)18(25)20-19-22-21-16(26-19)10-14-6-4-3-5-7-14/h3-7,13,15H,8-12H2,1-2H3,(H,20,22,25)/t15-/m0/s1. The molecule has 2 heterocycles. The molecular formula is C19H24N4O2S. The first-order chi connectivity index (χ1) is 12.5. The number of anilines is 1.